The lowest BCUT2D eigenvalue weighted by atomic mass is 10.1. The van der Waals surface area contributed by atoms with Gasteiger partial charge < -0.3 is 0 Å². The summed E-state index contributed by atoms with van der Waals surface area (Å²) in [6.45, 7) is 5.38. The topological polar surface area (TPSA) is 17.1 Å². The molecule has 0 rings (SSSR count). The van der Waals surface area contributed by atoms with Crippen LogP contribution in [-0.4, -0.2) is 5.78 Å². The van der Waals surface area contributed by atoms with Crippen LogP contribution >= 0.6 is 24.8 Å². The third-order valence-electron chi connectivity index (χ3n) is 0.813. The smallest absolute Gasteiger partial charge is 0.132 e. The van der Waals surface area contributed by atoms with Crippen LogP contribution in [0.5, 0.6) is 0 Å². The monoisotopic (exact) mass is 158 g/mol. The molecule has 0 radical (unpaired) electrons. The van der Waals surface area contributed by atoms with Crippen LogP contribution in [0.25, 0.3) is 0 Å². The molecule has 0 aliphatic rings. The van der Waals surface area contributed by atoms with E-state index >= 15 is 0 Å². The lowest BCUT2D eigenvalue weighted by molar-refractivity contribution is -0.119. The predicted molar refractivity (Wildman–Crippen MR) is 40.0 cm³/mol. The highest BCUT2D eigenvalue weighted by Crippen LogP contribution is 1.89. The Kier molecular flexibility index (Phi) is 14.3. The molecule has 0 N–H and O–H groups in total. The maximum atomic E-state index is 10.1. The number of ketones is 1. The molecule has 0 bridgehead atoms. The van der Waals surface area contributed by atoms with Crippen molar-refractivity contribution in [2.24, 2.45) is 5.92 Å². The highest BCUT2D eigenvalue weighted by Gasteiger charge is 1.94. The van der Waals surface area contributed by atoms with Crippen LogP contribution in [0, 0.1) is 5.92 Å². The van der Waals surface area contributed by atoms with Gasteiger partial charge in [0.15, 0.2) is 0 Å². The fourth-order valence-electron chi connectivity index (χ4n) is 0. The molecular weight excluding hydrogens is 147 g/mol. The quantitative estimate of drug-likeness (QED) is 0.572. The van der Waals surface area contributed by atoms with Gasteiger partial charge in [0.05, 0.1) is 0 Å². The van der Waals surface area contributed by atoms with Gasteiger partial charge in [0.2, 0.25) is 0 Å². The van der Waals surface area contributed by atoms with E-state index in [4.69, 9.17) is 0 Å². The lowest BCUT2D eigenvalue weighted by Crippen LogP contribution is -1.98. The Morgan fingerprint density at radius 1 is 1.25 bits per heavy atom. The summed E-state index contributed by atoms with van der Waals surface area (Å²) >= 11 is 0. The first kappa shape index (κ1) is 15.7. The van der Waals surface area contributed by atoms with Crippen molar-refractivity contribution in [2.75, 3.05) is 0 Å². The predicted octanol–water partition coefficient (Wildman–Crippen LogP) is 2.08. The zero-order chi connectivity index (χ0) is 5.15. The molecule has 0 aliphatic carbocycles. The SMILES string of the molecule is CC(=O)C(C)C.Cl.Cl. The summed E-state index contributed by atoms with van der Waals surface area (Å²) in [4.78, 5) is 10.1. The van der Waals surface area contributed by atoms with E-state index in [0.29, 0.717) is 0 Å². The standard InChI is InChI=1S/C5H10O.2ClH/c1-4(2)5(3)6;;/h4H,1-3H3;2*1H. The van der Waals surface area contributed by atoms with Gasteiger partial charge in [-0.25, -0.2) is 0 Å². The van der Waals surface area contributed by atoms with Crippen molar-refractivity contribution in [3.63, 3.8) is 0 Å². The molecule has 52 valence electrons. The Morgan fingerprint density at radius 3 is 1.38 bits per heavy atom. The van der Waals surface area contributed by atoms with Crippen LogP contribution in [0.1, 0.15) is 20.8 Å². The van der Waals surface area contributed by atoms with Crippen molar-refractivity contribution in [3.05, 3.63) is 0 Å². The van der Waals surface area contributed by atoms with Crippen molar-refractivity contribution < 1.29 is 4.79 Å². The average molecular weight is 159 g/mol. The lowest BCUT2D eigenvalue weighted by Gasteiger charge is -1.90. The molecule has 3 heteroatoms. The first-order valence-electron chi connectivity index (χ1n) is 2.15. The van der Waals surface area contributed by atoms with Gasteiger partial charge in [-0.15, -0.1) is 24.8 Å². The molecule has 0 spiro atoms. The van der Waals surface area contributed by atoms with E-state index in [0.717, 1.165) is 0 Å². The van der Waals surface area contributed by atoms with Crippen molar-refractivity contribution in [3.8, 4) is 0 Å². The fourth-order valence-corrected chi connectivity index (χ4v) is 0. The summed E-state index contributed by atoms with van der Waals surface area (Å²) in [7, 11) is 0. The highest BCUT2D eigenvalue weighted by molar-refractivity contribution is 5.85. The van der Waals surface area contributed by atoms with E-state index in [1.165, 1.54) is 0 Å². The van der Waals surface area contributed by atoms with Gasteiger partial charge in [-0.05, 0) is 6.92 Å². The molecule has 0 amide bonds. The van der Waals surface area contributed by atoms with E-state index in [-0.39, 0.29) is 36.5 Å². The zero-order valence-electron chi connectivity index (χ0n) is 5.30. The maximum Gasteiger partial charge on any atom is 0.132 e. The van der Waals surface area contributed by atoms with Crippen molar-refractivity contribution >= 4 is 30.6 Å². The van der Waals surface area contributed by atoms with Crippen LogP contribution < -0.4 is 0 Å². The van der Waals surface area contributed by atoms with Gasteiger partial charge in [0.1, 0.15) is 5.78 Å². The molecule has 0 saturated heterocycles. The van der Waals surface area contributed by atoms with E-state index in [1.807, 2.05) is 13.8 Å². The Hall–Kier alpha value is 0.250. The minimum Gasteiger partial charge on any atom is -0.300 e. The van der Waals surface area contributed by atoms with Gasteiger partial charge in [0, 0.05) is 5.92 Å². The molecular formula is C5H12Cl2O. The van der Waals surface area contributed by atoms with Gasteiger partial charge in [-0.2, -0.15) is 0 Å². The summed E-state index contributed by atoms with van der Waals surface area (Å²) in [6, 6.07) is 0. The molecule has 0 aliphatic heterocycles. The van der Waals surface area contributed by atoms with Crippen LogP contribution in [0.4, 0.5) is 0 Å². The molecule has 8 heavy (non-hydrogen) atoms. The molecule has 0 saturated carbocycles. The van der Waals surface area contributed by atoms with Gasteiger partial charge >= 0.3 is 0 Å². The summed E-state index contributed by atoms with van der Waals surface area (Å²) in [5.41, 5.74) is 0. The minimum absolute atomic E-state index is 0. The third kappa shape index (κ3) is 9.54. The highest BCUT2D eigenvalue weighted by atomic mass is 35.5. The van der Waals surface area contributed by atoms with E-state index in [1.54, 1.807) is 6.92 Å². The summed E-state index contributed by atoms with van der Waals surface area (Å²) in [5, 5.41) is 0. The summed E-state index contributed by atoms with van der Waals surface area (Å²) < 4.78 is 0. The van der Waals surface area contributed by atoms with E-state index < -0.39 is 0 Å². The molecule has 0 atom stereocenters. The number of Topliss-reactive ketones (excluding diaryl/α,β-unsaturated/α-hetero) is 1. The average Bonchev–Trinajstić information content (AvgIpc) is 1.36. The normalized spacial score (nSPS) is 7.00. The van der Waals surface area contributed by atoms with Crippen molar-refractivity contribution in [1.29, 1.82) is 0 Å². The maximum absolute atomic E-state index is 10.1. The van der Waals surface area contributed by atoms with Crippen LogP contribution in [0.15, 0.2) is 0 Å². The fraction of sp³-hybridized carbons (Fsp3) is 0.800. The molecule has 0 heterocycles. The number of hydrogen-bond acceptors (Lipinski definition) is 1. The Balaban J connectivity index is -0.000000125. The first-order chi connectivity index (χ1) is 2.64. The number of hydrogen-bond donors (Lipinski definition) is 0. The minimum atomic E-state index is 0. The number of rotatable bonds is 1. The number of halogens is 2. The Labute approximate surface area is 62.7 Å². The van der Waals surface area contributed by atoms with Crippen molar-refractivity contribution in [2.45, 2.75) is 20.8 Å². The number of carbonyl (C=O) groups is 1. The molecule has 0 aromatic carbocycles. The van der Waals surface area contributed by atoms with Crippen molar-refractivity contribution in [1.82, 2.24) is 0 Å². The summed E-state index contributed by atoms with van der Waals surface area (Å²) in [6.07, 6.45) is 0. The molecule has 0 fully saturated rings. The Bertz CT molecular complexity index is 61.4. The van der Waals surface area contributed by atoms with Crippen LogP contribution in [0.2, 0.25) is 0 Å². The molecule has 1 nitrogen and oxygen atoms in total. The second-order valence-electron chi connectivity index (χ2n) is 1.77. The van der Waals surface area contributed by atoms with Crippen LogP contribution in [0.3, 0.4) is 0 Å². The summed E-state index contributed by atoms with van der Waals surface area (Å²) in [5.74, 6) is 0.472. The van der Waals surface area contributed by atoms with Crippen LogP contribution in [-0.2, 0) is 4.79 Å². The second kappa shape index (κ2) is 7.25. The van der Waals surface area contributed by atoms with Gasteiger partial charge in [-0.1, -0.05) is 13.8 Å². The second-order valence-corrected chi connectivity index (χ2v) is 1.77. The van der Waals surface area contributed by atoms with E-state index in [2.05, 4.69) is 0 Å². The molecule has 0 unspecified atom stereocenters. The number of carbonyl (C=O) groups excluding carboxylic acids is 1. The third-order valence-corrected chi connectivity index (χ3v) is 0.813. The van der Waals surface area contributed by atoms with Gasteiger partial charge in [-0.3, -0.25) is 4.79 Å². The largest absolute Gasteiger partial charge is 0.300 e. The molecule has 0 aromatic rings. The molecule has 0 aromatic heterocycles. The van der Waals surface area contributed by atoms with E-state index in [9.17, 15) is 4.79 Å². The first-order valence-corrected chi connectivity index (χ1v) is 2.15. The zero-order valence-corrected chi connectivity index (χ0v) is 6.94. The van der Waals surface area contributed by atoms with Gasteiger partial charge in [0.25, 0.3) is 0 Å². The Morgan fingerprint density at radius 2 is 1.38 bits per heavy atom.